The van der Waals surface area contributed by atoms with E-state index in [1.165, 1.54) is 22.7 Å². The first-order chi connectivity index (χ1) is 16.5. The van der Waals surface area contributed by atoms with Gasteiger partial charge < -0.3 is 15.4 Å². The lowest BCUT2D eigenvalue weighted by Crippen LogP contribution is -2.45. The molecule has 174 valence electrons. The van der Waals surface area contributed by atoms with Crippen LogP contribution in [0.3, 0.4) is 0 Å². The van der Waals surface area contributed by atoms with Crippen LogP contribution in [0.5, 0.6) is 5.75 Å². The number of ether oxygens (including phenoxy) is 1. The Labute approximate surface area is 206 Å². The second-order valence-electron chi connectivity index (χ2n) is 7.56. The zero-order valence-corrected chi connectivity index (χ0v) is 20.5. The second kappa shape index (κ2) is 11.1. The van der Waals surface area contributed by atoms with E-state index < -0.39 is 6.04 Å². The number of nitrogens with one attached hydrogen (secondary N) is 2. The Morgan fingerprint density at radius 1 is 1.03 bits per heavy atom. The predicted octanol–water partition coefficient (Wildman–Crippen LogP) is 5.56. The molecule has 4 rings (SSSR count). The van der Waals surface area contributed by atoms with Gasteiger partial charge in [-0.2, -0.15) is 0 Å². The van der Waals surface area contributed by atoms with Gasteiger partial charge >= 0.3 is 0 Å². The molecule has 1 atom stereocenters. The first-order valence-corrected chi connectivity index (χ1v) is 12.6. The fourth-order valence-corrected chi connectivity index (χ4v) is 4.95. The molecular formula is C26H25N3O3S2. The molecule has 2 heterocycles. The number of hydrogen-bond acceptors (Lipinski definition) is 6. The molecule has 8 heteroatoms. The molecule has 0 saturated carbocycles. The largest absolute Gasteiger partial charge is 0.494 e. The van der Waals surface area contributed by atoms with Crippen LogP contribution in [0.2, 0.25) is 0 Å². The highest BCUT2D eigenvalue weighted by Gasteiger charge is 2.24. The Kier molecular flexibility index (Phi) is 7.72. The molecule has 4 aromatic rings. The maximum Gasteiger partial charge on any atom is 0.262 e. The number of anilines is 1. The van der Waals surface area contributed by atoms with Crippen LogP contribution >= 0.6 is 22.7 Å². The van der Waals surface area contributed by atoms with Gasteiger partial charge in [0.2, 0.25) is 5.91 Å². The van der Waals surface area contributed by atoms with E-state index in [1.54, 1.807) is 6.07 Å². The minimum Gasteiger partial charge on any atom is -0.494 e. The summed E-state index contributed by atoms with van der Waals surface area (Å²) in [6, 6.07) is 20.2. The molecule has 0 aliphatic carbocycles. The summed E-state index contributed by atoms with van der Waals surface area (Å²) in [6.45, 7) is 4.53. The minimum absolute atomic E-state index is 0.267. The normalized spacial score (nSPS) is 11.6. The van der Waals surface area contributed by atoms with Crippen molar-refractivity contribution in [2.75, 3.05) is 11.9 Å². The van der Waals surface area contributed by atoms with Crippen LogP contribution in [0.25, 0.3) is 11.3 Å². The summed E-state index contributed by atoms with van der Waals surface area (Å²) < 4.78 is 5.51. The third-order valence-electron chi connectivity index (χ3n) is 5.11. The molecule has 0 aliphatic heterocycles. The molecule has 2 amide bonds. The molecule has 0 saturated heterocycles. The number of thiophene rings is 1. The summed E-state index contributed by atoms with van der Waals surface area (Å²) in [6.07, 6.45) is 0.375. The van der Waals surface area contributed by atoms with E-state index in [2.05, 4.69) is 15.6 Å². The van der Waals surface area contributed by atoms with Gasteiger partial charge in [-0.15, -0.1) is 22.7 Å². The number of hydrogen-bond donors (Lipinski definition) is 2. The molecular weight excluding hydrogens is 466 g/mol. The molecule has 0 aliphatic rings. The number of rotatable bonds is 9. The highest BCUT2D eigenvalue weighted by molar-refractivity contribution is 7.16. The molecule has 2 aromatic heterocycles. The number of nitrogens with zero attached hydrogens (tertiary/aromatic N) is 1. The van der Waals surface area contributed by atoms with Crippen LogP contribution in [-0.4, -0.2) is 29.4 Å². The van der Waals surface area contributed by atoms with Gasteiger partial charge in [0.05, 0.1) is 17.2 Å². The first kappa shape index (κ1) is 23.7. The first-order valence-electron chi connectivity index (χ1n) is 10.9. The van der Waals surface area contributed by atoms with Crippen molar-refractivity contribution < 1.29 is 14.3 Å². The lowest BCUT2D eigenvalue weighted by atomic mass is 10.1. The van der Waals surface area contributed by atoms with Gasteiger partial charge in [0.25, 0.3) is 5.91 Å². The zero-order chi connectivity index (χ0) is 23.9. The smallest absolute Gasteiger partial charge is 0.262 e. The van der Waals surface area contributed by atoms with E-state index in [-0.39, 0.29) is 11.8 Å². The molecule has 6 nitrogen and oxygen atoms in total. The standard InChI is InChI=1S/C26H25N3O3S2/c1-3-32-20-13-11-19(12-14-20)23-17(2)34-26(28-23)29-24(30)21(16-18-8-5-4-6-9-18)27-25(31)22-10-7-15-33-22/h4-15,21H,3,16H2,1-2H3,(H,27,31)(H,28,29,30). The third-order valence-corrected chi connectivity index (χ3v) is 6.87. The van der Waals surface area contributed by atoms with Crippen LogP contribution in [0, 0.1) is 6.92 Å². The van der Waals surface area contributed by atoms with Gasteiger partial charge in [0.1, 0.15) is 11.8 Å². The fraction of sp³-hybridized carbons (Fsp3) is 0.192. The van der Waals surface area contributed by atoms with Crippen LogP contribution in [-0.2, 0) is 11.2 Å². The van der Waals surface area contributed by atoms with E-state index in [9.17, 15) is 9.59 Å². The molecule has 2 aromatic carbocycles. The Morgan fingerprint density at radius 3 is 2.47 bits per heavy atom. The molecule has 0 radical (unpaired) electrons. The Hall–Kier alpha value is -3.49. The van der Waals surface area contributed by atoms with Gasteiger partial charge in [-0.3, -0.25) is 9.59 Å². The number of amides is 2. The van der Waals surface area contributed by atoms with Crippen LogP contribution < -0.4 is 15.4 Å². The van der Waals surface area contributed by atoms with Crippen molar-refractivity contribution >= 4 is 39.6 Å². The monoisotopic (exact) mass is 491 g/mol. The second-order valence-corrected chi connectivity index (χ2v) is 9.71. The Morgan fingerprint density at radius 2 is 1.79 bits per heavy atom. The predicted molar refractivity (Wildman–Crippen MR) is 138 cm³/mol. The maximum atomic E-state index is 13.2. The summed E-state index contributed by atoms with van der Waals surface area (Å²) in [5.41, 5.74) is 2.72. The van der Waals surface area contributed by atoms with Crippen molar-refractivity contribution in [3.63, 3.8) is 0 Å². The minimum atomic E-state index is -0.741. The molecule has 2 N–H and O–H groups in total. The lowest BCUT2D eigenvalue weighted by Gasteiger charge is -2.17. The summed E-state index contributed by atoms with van der Waals surface area (Å²) in [5.74, 6) is 0.232. The molecule has 1 unspecified atom stereocenters. The summed E-state index contributed by atoms with van der Waals surface area (Å²) in [4.78, 5) is 32.1. The molecule has 34 heavy (non-hydrogen) atoms. The SMILES string of the molecule is CCOc1ccc(-c2nc(NC(=O)C(Cc3ccccc3)NC(=O)c3cccs3)sc2C)cc1. The molecule has 0 fully saturated rings. The van der Waals surface area contributed by atoms with E-state index >= 15 is 0 Å². The average molecular weight is 492 g/mol. The fourth-order valence-electron chi connectivity index (χ4n) is 3.48. The summed E-state index contributed by atoms with van der Waals surface area (Å²) >= 11 is 2.75. The zero-order valence-electron chi connectivity index (χ0n) is 18.9. The third kappa shape index (κ3) is 5.89. The van der Waals surface area contributed by atoms with Gasteiger partial charge in [0.15, 0.2) is 5.13 Å². The van der Waals surface area contributed by atoms with Gasteiger partial charge in [0, 0.05) is 16.9 Å². The highest BCUT2D eigenvalue weighted by Crippen LogP contribution is 2.31. The lowest BCUT2D eigenvalue weighted by molar-refractivity contribution is -0.118. The number of carbonyl (C=O) groups is 2. The number of carbonyl (C=O) groups excluding carboxylic acids is 2. The number of aryl methyl sites for hydroxylation is 1. The average Bonchev–Trinajstić information content (AvgIpc) is 3.50. The van der Waals surface area contributed by atoms with Crippen molar-refractivity contribution in [2.24, 2.45) is 0 Å². The highest BCUT2D eigenvalue weighted by atomic mass is 32.1. The van der Waals surface area contributed by atoms with E-state index in [4.69, 9.17) is 4.74 Å². The van der Waals surface area contributed by atoms with E-state index in [1.807, 2.05) is 79.9 Å². The Balaban J connectivity index is 1.51. The quantitative estimate of drug-likeness (QED) is 0.321. The van der Waals surface area contributed by atoms with Crippen LogP contribution in [0.15, 0.2) is 72.1 Å². The van der Waals surface area contributed by atoms with Gasteiger partial charge in [-0.1, -0.05) is 36.4 Å². The molecule has 0 bridgehead atoms. The maximum absolute atomic E-state index is 13.2. The van der Waals surface area contributed by atoms with Crippen molar-refractivity contribution in [3.05, 3.63) is 87.4 Å². The van der Waals surface area contributed by atoms with Crippen LogP contribution in [0.4, 0.5) is 5.13 Å². The van der Waals surface area contributed by atoms with E-state index in [0.29, 0.717) is 23.0 Å². The van der Waals surface area contributed by atoms with Crippen molar-refractivity contribution in [1.82, 2.24) is 10.3 Å². The molecule has 0 spiro atoms. The van der Waals surface area contributed by atoms with Crippen LogP contribution in [0.1, 0.15) is 27.0 Å². The summed E-state index contributed by atoms with van der Waals surface area (Å²) in [7, 11) is 0. The van der Waals surface area contributed by atoms with E-state index in [0.717, 1.165) is 27.4 Å². The van der Waals surface area contributed by atoms with Crippen molar-refractivity contribution in [2.45, 2.75) is 26.3 Å². The summed E-state index contributed by atoms with van der Waals surface area (Å²) in [5, 5.41) is 8.12. The van der Waals surface area contributed by atoms with Gasteiger partial charge in [-0.05, 0) is 55.1 Å². The van der Waals surface area contributed by atoms with Crippen molar-refractivity contribution in [3.8, 4) is 17.0 Å². The topological polar surface area (TPSA) is 80.3 Å². The Bertz CT molecular complexity index is 1240. The number of thiazole rings is 1. The van der Waals surface area contributed by atoms with Crippen molar-refractivity contribution in [1.29, 1.82) is 0 Å². The van der Waals surface area contributed by atoms with Gasteiger partial charge in [-0.25, -0.2) is 4.98 Å². The number of benzene rings is 2. The number of aromatic nitrogens is 1.